The van der Waals surface area contributed by atoms with Gasteiger partial charge in [0.25, 0.3) is 16.0 Å². The standard InChI is InChI=1S/C25H19Cl2N3O6S/c1-13-10-15(12-19(27)24(13)37(33,34)35)29-30-21-16-7-4-3-6-14(16)11-17(22(21)31)25(32)28-20-9-5-8-18(26)23(20)36-2/h3-12,31H,1-2H3,(H,28,32)(H,33,34,35). The Morgan fingerprint density at radius 2 is 1.73 bits per heavy atom. The maximum absolute atomic E-state index is 13.2. The summed E-state index contributed by atoms with van der Waals surface area (Å²) in [5, 5.41) is 23.1. The number of halogens is 2. The summed E-state index contributed by atoms with van der Waals surface area (Å²) in [4.78, 5) is 12.7. The fraction of sp³-hybridized carbons (Fsp3) is 0.0800. The second kappa shape index (κ2) is 10.3. The van der Waals surface area contributed by atoms with Crippen LogP contribution in [0.4, 0.5) is 17.1 Å². The lowest BCUT2D eigenvalue weighted by Crippen LogP contribution is -2.13. The smallest absolute Gasteiger partial charge is 0.296 e. The van der Waals surface area contributed by atoms with Gasteiger partial charge < -0.3 is 15.2 Å². The molecule has 3 N–H and O–H groups in total. The van der Waals surface area contributed by atoms with Crippen LogP contribution in [0, 0.1) is 6.92 Å². The monoisotopic (exact) mass is 559 g/mol. The Hall–Kier alpha value is -3.70. The first kappa shape index (κ1) is 26.4. The third kappa shape index (κ3) is 5.37. The van der Waals surface area contributed by atoms with E-state index in [2.05, 4.69) is 15.5 Å². The molecule has 0 aliphatic heterocycles. The minimum absolute atomic E-state index is 0.00828. The van der Waals surface area contributed by atoms with Crippen molar-refractivity contribution in [2.75, 3.05) is 12.4 Å². The molecule has 0 aromatic heterocycles. The Labute approximate surface area is 222 Å². The number of aromatic hydroxyl groups is 1. The lowest BCUT2D eigenvalue weighted by atomic mass is 10.0. The second-order valence-electron chi connectivity index (χ2n) is 7.87. The highest BCUT2D eigenvalue weighted by Crippen LogP contribution is 2.41. The highest BCUT2D eigenvalue weighted by molar-refractivity contribution is 7.86. The van der Waals surface area contributed by atoms with E-state index in [0.717, 1.165) is 0 Å². The molecule has 4 aromatic carbocycles. The average Bonchev–Trinajstić information content (AvgIpc) is 2.82. The number of carbonyl (C=O) groups is 1. The van der Waals surface area contributed by atoms with Gasteiger partial charge in [-0.2, -0.15) is 13.5 Å². The van der Waals surface area contributed by atoms with E-state index >= 15 is 0 Å². The fourth-order valence-corrected chi connectivity index (χ4v) is 5.38. The van der Waals surface area contributed by atoms with Gasteiger partial charge in [0.05, 0.1) is 34.1 Å². The number of nitrogens with zero attached hydrogens (tertiary/aromatic N) is 2. The van der Waals surface area contributed by atoms with Crippen molar-refractivity contribution in [3.8, 4) is 11.5 Å². The SMILES string of the molecule is COc1c(Cl)cccc1NC(=O)c1cc2ccccc2c(N=Nc2cc(C)c(S(=O)(=O)O)c(Cl)c2)c1O. The van der Waals surface area contributed by atoms with Crippen LogP contribution in [-0.4, -0.2) is 31.1 Å². The minimum atomic E-state index is -4.54. The number of rotatable bonds is 6. The average molecular weight is 560 g/mol. The Kier molecular flexibility index (Phi) is 7.37. The summed E-state index contributed by atoms with van der Waals surface area (Å²) >= 11 is 12.2. The van der Waals surface area contributed by atoms with E-state index in [1.807, 2.05) is 0 Å². The van der Waals surface area contributed by atoms with Crippen LogP contribution in [0.25, 0.3) is 10.8 Å². The lowest BCUT2D eigenvalue weighted by molar-refractivity contribution is 0.102. The zero-order valence-corrected chi connectivity index (χ0v) is 21.7. The first-order valence-corrected chi connectivity index (χ1v) is 12.8. The Balaban J connectivity index is 1.79. The normalized spacial score (nSPS) is 11.7. The van der Waals surface area contributed by atoms with Crippen molar-refractivity contribution >= 4 is 67.1 Å². The molecule has 0 radical (unpaired) electrons. The van der Waals surface area contributed by atoms with Gasteiger partial charge in [0.2, 0.25) is 0 Å². The first-order chi connectivity index (χ1) is 17.5. The van der Waals surface area contributed by atoms with E-state index in [1.54, 1.807) is 42.5 Å². The van der Waals surface area contributed by atoms with Crippen molar-refractivity contribution in [1.82, 2.24) is 0 Å². The van der Waals surface area contributed by atoms with E-state index in [-0.39, 0.29) is 33.3 Å². The summed E-state index contributed by atoms with van der Waals surface area (Å²) in [7, 11) is -3.12. The van der Waals surface area contributed by atoms with Crippen LogP contribution < -0.4 is 10.1 Å². The van der Waals surface area contributed by atoms with Gasteiger partial charge in [-0.1, -0.05) is 53.5 Å². The summed E-state index contributed by atoms with van der Waals surface area (Å²) in [6.45, 7) is 1.44. The molecule has 0 fully saturated rings. The number of nitrogens with one attached hydrogen (secondary N) is 1. The van der Waals surface area contributed by atoms with Gasteiger partial charge in [0, 0.05) is 5.39 Å². The maximum atomic E-state index is 13.2. The molecule has 0 aliphatic rings. The molecule has 0 unspecified atom stereocenters. The molecule has 0 saturated heterocycles. The van der Waals surface area contributed by atoms with Crippen molar-refractivity contribution in [1.29, 1.82) is 0 Å². The van der Waals surface area contributed by atoms with Gasteiger partial charge in [-0.05, 0) is 48.2 Å². The second-order valence-corrected chi connectivity index (χ2v) is 10.0. The van der Waals surface area contributed by atoms with Crippen LogP contribution in [0.2, 0.25) is 10.0 Å². The Bertz CT molecular complexity index is 1670. The number of phenols is 1. The van der Waals surface area contributed by atoms with E-state index in [0.29, 0.717) is 21.5 Å². The Morgan fingerprint density at radius 3 is 2.41 bits per heavy atom. The lowest BCUT2D eigenvalue weighted by Gasteiger charge is -2.13. The zero-order valence-electron chi connectivity index (χ0n) is 19.4. The van der Waals surface area contributed by atoms with Crippen molar-refractivity contribution < 1.29 is 27.6 Å². The molecule has 12 heteroatoms. The number of amides is 1. The molecule has 0 atom stereocenters. The third-order valence-corrected chi connectivity index (χ3v) is 7.16. The molecule has 4 aromatic rings. The molecule has 0 aliphatic carbocycles. The molecule has 0 heterocycles. The minimum Gasteiger partial charge on any atom is -0.505 e. The topological polar surface area (TPSA) is 138 Å². The number of phenolic OH excluding ortho intramolecular Hbond substituents is 1. The van der Waals surface area contributed by atoms with E-state index in [9.17, 15) is 22.9 Å². The third-order valence-electron chi connectivity index (χ3n) is 5.40. The predicted molar refractivity (Wildman–Crippen MR) is 142 cm³/mol. The molecule has 0 bridgehead atoms. The summed E-state index contributed by atoms with van der Waals surface area (Å²) in [5.41, 5.74) is 0.554. The number of ether oxygens (including phenoxy) is 1. The molecule has 0 saturated carbocycles. The van der Waals surface area contributed by atoms with Gasteiger partial charge in [-0.3, -0.25) is 9.35 Å². The van der Waals surface area contributed by atoms with Gasteiger partial charge in [-0.15, -0.1) is 5.11 Å². The molecule has 37 heavy (non-hydrogen) atoms. The molecule has 4 rings (SSSR count). The number of anilines is 1. The molecular formula is C25H19Cl2N3O6S. The van der Waals surface area contributed by atoms with Crippen LogP contribution in [0.5, 0.6) is 11.5 Å². The maximum Gasteiger partial charge on any atom is 0.296 e. The number of hydrogen-bond donors (Lipinski definition) is 3. The van der Waals surface area contributed by atoms with Crippen LogP contribution in [-0.2, 0) is 10.1 Å². The quantitative estimate of drug-likeness (QED) is 0.170. The van der Waals surface area contributed by atoms with Crippen molar-refractivity contribution in [3.05, 3.63) is 81.8 Å². The molecule has 1 amide bonds. The Morgan fingerprint density at radius 1 is 1.00 bits per heavy atom. The van der Waals surface area contributed by atoms with Crippen molar-refractivity contribution in [2.45, 2.75) is 11.8 Å². The fourth-order valence-electron chi connectivity index (χ4n) is 3.80. The van der Waals surface area contributed by atoms with E-state index < -0.39 is 26.7 Å². The number of carbonyl (C=O) groups excluding carboxylic acids is 1. The summed E-state index contributed by atoms with van der Waals surface area (Å²) in [6.07, 6.45) is 0. The summed E-state index contributed by atoms with van der Waals surface area (Å²) in [5.74, 6) is -0.812. The van der Waals surface area contributed by atoms with Gasteiger partial charge in [-0.25, -0.2) is 0 Å². The number of methoxy groups -OCH3 is 1. The predicted octanol–water partition coefficient (Wildman–Crippen LogP) is 7.08. The summed E-state index contributed by atoms with van der Waals surface area (Å²) in [6, 6.07) is 15.9. The molecule has 9 nitrogen and oxygen atoms in total. The number of fused-ring (bicyclic) bond motifs is 1. The van der Waals surface area contributed by atoms with Crippen molar-refractivity contribution in [3.63, 3.8) is 0 Å². The van der Waals surface area contributed by atoms with Crippen LogP contribution in [0.15, 0.2) is 75.8 Å². The number of aryl methyl sites for hydroxylation is 1. The highest BCUT2D eigenvalue weighted by Gasteiger charge is 2.21. The first-order valence-electron chi connectivity index (χ1n) is 10.6. The van der Waals surface area contributed by atoms with Crippen LogP contribution in [0.3, 0.4) is 0 Å². The molecule has 190 valence electrons. The largest absolute Gasteiger partial charge is 0.505 e. The van der Waals surface area contributed by atoms with Crippen molar-refractivity contribution in [2.24, 2.45) is 10.2 Å². The number of hydrogen-bond acceptors (Lipinski definition) is 7. The molecule has 0 spiro atoms. The number of azo groups is 1. The van der Waals surface area contributed by atoms with Gasteiger partial charge in [0.1, 0.15) is 10.6 Å². The highest BCUT2D eigenvalue weighted by atomic mass is 35.5. The zero-order chi connectivity index (χ0) is 26.9. The van der Waals surface area contributed by atoms with Crippen LogP contribution >= 0.6 is 23.2 Å². The number of benzene rings is 4. The number of para-hydroxylation sites is 1. The van der Waals surface area contributed by atoms with Gasteiger partial charge in [0.15, 0.2) is 11.5 Å². The van der Waals surface area contributed by atoms with Crippen LogP contribution in [0.1, 0.15) is 15.9 Å². The molecular weight excluding hydrogens is 541 g/mol. The van der Waals surface area contributed by atoms with Gasteiger partial charge >= 0.3 is 0 Å². The summed E-state index contributed by atoms with van der Waals surface area (Å²) < 4.78 is 37.8. The van der Waals surface area contributed by atoms with E-state index in [1.165, 1.54) is 32.2 Å². The van der Waals surface area contributed by atoms with E-state index in [4.69, 9.17) is 27.9 Å².